The summed E-state index contributed by atoms with van der Waals surface area (Å²) in [5.41, 5.74) is 0.672. The predicted octanol–water partition coefficient (Wildman–Crippen LogP) is 1.77. The van der Waals surface area contributed by atoms with Crippen molar-refractivity contribution >= 4 is 39.5 Å². The van der Waals surface area contributed by atoms with Gasteiger partial charge >= 0.3 is 17.9 Å². The van der Waals surface area contributed by atoms with Crippen LogP contribution in [0.15, 0.2) is 24.3 Å². The third-order valence-electron chi connectivity index (χ3n) is 2.66. The van der Waals surface area contributed by atoms with Crippen LogP contribution in [0.2, 0.25) is 0 Å². The number of aliphatic carboxylic acids is 2. The molecule has 1 unspecified atom stereocenters. The Morgan fingerprint density at radius 1 is 1.19 bits per heavy atom. The molecule has 0 aliphatic carbocycles. The molecule has 8 heteroatoms. The molecule has 0 aliphatic rings. The van der Waals surface area contributed by atoms with Crippen molar-refractivity contribution in [3.63, 3.8) is 0 Å². The monoisotopic (exact) mass is 309 g/mol. The SMILES string of the molecule is O=C(O)CC(CC(=O)Oc1nc2ccccc2s1)C(=O)O. The Bertz CT molecular complexity index is 662. The molecule has 1 aromatic carbocycles. The van der Waals surface area contributed by atoms with Crippen LogP contribution in [-0.2, 0) is 14.4 Å². The number of carboxylic acid groups (broad SMARTS) is 2. The number of aromatic nitrogens is 1. The lowest BCUT2D eigenvalue weighted by Gasteiger charge is -2.07. The summed E-state index contributed by atoms with van der Waals surface area (Å²) in [5.74, 6) is -4.76. The highest BCUT2D eigenvalue weighted by atomic mass is 32.1. The van der Waals surface area contributed by atoms with Crippen LogP contribution in [-0.4, -0.2) is 33.1 Å². The first-order valence-electron chi connectivity index (χ1n) is 5.96. The lowest BCUT2D eigenvalue weighted by atomic mass is 10.0. The zero-order valence-corrected chi connectivity index (χ0v) is 11.5. The second kappa shape index (κ2) is 6.31. The summed E-state index contributed by atoms with van der Waals surface area (Å²) in [6.45, 7) is 0. The van der Waals surface area contributed by atoms with Gasteiger partial charge in [0.1, 0.15) is 0 Å². The van der Waals surface area contributed by atoms with Gasteiger partial charge in [0, 0.05) is 0 Å². The maximum Gasteiger partial charge on any atom is 0.314 e. The molecule has 2 N–H and O–H groups in total. The Hall–Kier alpha value is -2.48. The fraction of sp³-hybridized carbons (Fsp3) is 0.231. The van der Waals surface area contributed by atoms with E-state index in [1.165, 1.54) is 0 Å². The van der Waals surface area contributed by atoms with Crippen molar-refractivity contribution in [1.29, 1.82) is 0 Å². The second-order valence-electron chi connectivity index (χ2n) is 4.26. The van der Waals surface area contributed by atoms with Gasteiger partial charge in [0.05, 0.1) is 29.0 Å². The number of nitrogens with zero attached hydrogens (tertiary/aromatic N) is 1. The molecular formula is C13H11NO6S. The maximum absolute atomic E-state index is 11.7. The predicted molar refractivity (Wildman–Crippen MR) is 73.3 cm³/mol. The van der Waals surface area contributed by atoms with Gasteiger partial charge in [-0.1, -0.05) is 23.5 Å². The molecule has 2 rings (SSSR count). The minimum absolute atomic E-state index is 0.112. The molecule has 1 aromatic heterocycles. The van der Waals surface area contributed by atoms with Crippen molar-refractivity contribution < 1.29 is 29.3 Å². The average Bonchev–Trinajstić information content (AvgIpc) is 2.79. The molecule has 21 heavy (non-hydrogen) atoms. The number of esters is 1. The summed E-state index contributed by atoms with van der Waals surface area (Å²) in [6.07, 6.45) is -1.15. The third kappa shape index (κ3) is 3.99. The van der Waals surface area contributed by atoms with E-state index in [-0.39, 0.29) is 5.19 Å². The van der Waals surface area contributed by atoms with E-state index in [0.29, 0.717) is 5.52 Å². The lowest BCUT2D eigenvalue weighted by molar-refractivity contribution is -0.151. The van der Waals surface area contributed by atoms with Crippen LogP contribution >= 0.6 is 11.3 Å². The number of carbonyl (C=O) groups is 3. The van der Waals surface area contributed by atoms with E-state index in [2.05, 4.69) is 4.98 Å². The van der Waals surface area contributed by atoms with Gasteiger partial charge in [0.15, 0.2) is 0 Å². The zero-order chi connectivity index (χ0) is 15.4. The minimum atomic E-state index is -1.35. The van der Waals surface area contributed by atoms with Crippen LogP contribution in [0.25, 0.3) is 10.2 Å². The first kappa shape index (κ1) is 14.9. The molecule has 1 heterocycles. The number of fused-ring (bicyclic) bond motifs is 1. The van der Waals surface area contributed by atoms with Gasteiger partial charge in [0.2, 0.25) is 0 Å². The number of carbonyl (C=O) groups excluding carboxylic acids is 1. The first-order chi connectivity index (χ1) is 9.95. The molecule has 110 valence electrons. The summed E-state index contributed by atoms with van der Waals surface area (Å²) < 4.78 is 5.81. The second-order valence-corrected chi connectivity index (χ2v) is 5.25. The number of para-hydroxylation sites is 1. The van der Waals surface area contributed by atoms with E-state index in [4.69, 9.17) is 14.9 Å². The van der Waals surface area contributed by atoms with Crippen molar-refractivity contribution in [2.24, 2.45) is 5.92 Å². The van der Waals surface area contributed by atoms with Crippen molar-refractivity contribution in [3.8, 4) is 5.19 Å². The van der Waals surface area contributed by atoms with E-state index >= 15 is 0 Å². The first-order valence-corrected chi connectivity index (χ1v) is 6.78. The fourth-order valence-electron chi connectivity index (χ4n) is 1.69. The Morgan fingerprint density at radius 3 is 2.52 bits per heavy atom. The van der Waals surface area contributed by atoms with Crippen LogP contribution in [0, 0.1) is 5.92 Å². The molecule has 0 spiro atoms. The highest BCUT2D eigenvalue weighted by molar-refractivity contribution is 7.20. The molecule has 0 aliphatic heterocycles. The average molecular weight is 309 g/mol. The summed E-state index contributed by atoms with van der Waals surface area (Å²) in [5, 5.41) is 17.6. The third-order valence-corrected chi connectivity index (χ3v) is 3.57. The lowest BCUT2D eigenvalue weighted by Crippen LogP contribution is -2.23. The molecule has 2 aromatic rings. The smallest absolute Gasteiger partial charge is 0.314 e. The van der Waals surface area contributed by atoms with Gasteiger partial charge in [-0.3, -0.25) is 14.4 Å². The summed E-state index contributed by atoms with van der Waals surface area (Å²) in [4.78, 5) is 37.2. The van der Waals surface area contributed by atoms with Crippen molar-refractivity contribution in [1.82, 2.24) is 4.98 Å². The van der Waals surface area contributed by atoms with Gasteiger partial charge in [-0.25, -0.2) is 4.98 Å². The van der Waals surface area contributed by atoms with E-state index in [0.717, 1.165) is 16.0 Å². The topological polar surface area (TPSA) is 114 Å². The Kier molecular flexibility index (Phi) is 4.49. The van der Waals surface area contributed by atoms with Gasteiger partial charge in [-0.15, -0.1) is 0 Å². The number of hydrogen-bond donors (Lipinski definition) is 2. The molecule has 0 fully saturated rings. The molecule has 0 bridgehead atoms. The largest absolute Gasteiger partial charge is 0.481 e. The molecule has 0 amide bonds. The Morgan fingerprint density at radius 2 is 1.90 bits per heavy atom. The van der Waals surface area contributed by atoms with Gasteiger partial charge in [-0.05, 0) is 12.1 Å². The van der Waals surface area contributed by atoms with Gasteiger partial charge in [0.25, 0.3) is 5.19 Å². The molecule has 1 atom stereocenters. The van der Waals surface area contributed by atoms with E-state index in [1.807, 2.05) is 12.1 Å². The molecule has 0 saturated heterocycles. The summed E-state index contributed by atoms with van der Waals surface area (Å²) in [6, 6.07) is 7.18. The van der Waals surface area contributed by atoms with Gasteiger partial charge < -0.3 is 14.9 Å². The summed E-state index contributed by atoms with van der Waals surface area (Å²) in [7, 11) is 0. The van der Waals surface area contributed by atoms with Crippen molar-refractivity contribution in [2.75, 3.05) is 0 Å². The fourth-order valence-corrected chi connectivity index (χ4v) is 2.52. The normalized spacial score (nSPS) is 12.0. The Balaban J connectivity index is 2.03. The zero-order valence-electron chi connectivity index (χ0n) is 10.7. The number of thiazole rings is 1. The van der Waals surface area contributed by atoms with Crippen LogP contribution in [0.5, 0.6) is 5.19 Å². The number of hydrogen-bond acceptors (Lipinski definition) is 6. The van der Waals surface area contributed by atoms with E-state index in [9.17, 15) is 14.4 Å². The number of ether oxygens (including phenoxy) is 1. The molecule has 7 nitrogen and oxygen atoms in total. The molecular weight excluding hydrogens is 298 g/mol. The number of benzene rings is 1. The van der Waals surface area contributed by atoms with Crippen LogP contribution in [0.1, 0.15) is 12.8 Å². The standard InChI is InChI=1S/C13H11NO6S/c15-10(16)5-7(12(18)19)6-11(17)20-13-14-8-3-1-2-4-9(8)21-13/h1-4,7H,5-6H2,(H,15,16)(H,18,19). The van der Waals surface area contributed by atoms with Crippen molar-refractivity contribution in [3.05, 3.63) is 24.3 Å². The van der Waals surface area contributed by atoms with E-state index < -0.39 is 36.7 Å². The molecule has 0 saturated carbocycles. The maximum atomic E-state index is 11.7. The van der Waals surface area contributed by atoms with E-state index in [1.54, 1.807) is 12.1 Å². The summed E-state index contributed by atoms with van der Waals surface area (Å²) >= 11 is 1.16. The van der Waals surface area contributed by atoms with Gasteiger partial charge in [-0.2, -0.15) is 0 Å². The quantitative estimate of drug-likeness (QED) is 0.781. The minimum Gasteiger partial charge on any atom is -0.481 e. The highest BCUT2D eigenvalue weighted by Gasteiger charge is 2.25. The Labute approximate surface area is 122 Å². The number of rotatable bonds is 6. The van der Waals surface area contributed by atoms with Crippen LogP contribution in [0.4, 0.5) is 0 Å². The highest BCUT2D eigenvalue weighted by Crippen LogP contribution is 2.27. The van der Waals surface area contributed by atoms with Crippen molar-refractivity contribution in [2.45, 2.75) is 12.8 Å². The number of carboxylic acids is 2. The van der Waals surface area contributed by atoms with Crippen LogP contribution in [0.3, 0.4) is 0 Å². The van der Waals surface area contributed by atoms with Crippen LogP contribution < -0.4 is 4.74 Å². The molecule has 0 radical (unpaired) electrons.